The molecule has 1 aliphatic rings. The van der Waals surface area contributed by atoms with Crippen molar-refractivity contribution in [3.05, 3.63) is 69.0 Å². The highest BCUT2D eigenvalue weighted by Gasteiger charge is 2.31. The van der Waals surface area contributed by atoms with Gasteiger partial charge in [0.05, 0.1) is 21.6 Å². The number of halogens is 2. The van der Waals surface area contributed by atoms with E-state index in [0.29, 0.717) is 31.5 Å². The van der Waals surface area contributed by atoms with Crippen LogP contribution in [-0.4, -0.2) is 46.8 Å². The van der Waals surface area contributed by atoms with Crippen molar-refractivity contribution in [2.45, 2.75) is 25.9 Å². The van der Waals surface area contributed by atoms with E-state index in [1.165, 1.54) is 43.3 Å². The maximum Gasteiger partial charge on any atom is 0.309 e. The van der Waals surface area contributed by atoms with Crippen LogP contribution in [0.3, 0.4) is 0 Å². The van der Waals surface area contributed by atoms with Crippen LogP contribution in [0.25, 0.3) is 0 Å². The number of nitro groups is 1. The summed E-state index contributed by atoms with van der Waals surface area (Å²) in [7, 11) is 0. The lowest BCUT2D eigenvalue weighted by Crippen LogP contribution is -2.41. The van der Waals surface area contributed by atoms with E-state index in [-0.39, 0.29) is 22.3 Å². The van der Waals surface area contributed by atoms with Crippen molar-refractivity contribution in [1.29, 1.82) is 0 Å². The van der Waals surface area contributed by atoms with Gasteiger partial charge < -0.3 is 15.0 Å². The predicted octanol–water partition coefficient (Wildman–Crippen LogP) is 3.81. The number of esters is 1. The molecule has 1 unspecified atom stereocenters. The lowest BCUT2D eigenvalue weighted by Gasteiger charge is -2.31. The third kappa shape index (κ3) is 6.04. The first kappa shape index (κ1) is 24.1. The molecule has 11 heteroatoms. The van der Waals surface area contributed by atoms with E-state index >= 15 is 0 Å². The molecule has 1 fully saturated rings. The largest absolute Gasteiger partial charge is 0.452 e. The van der Waals surface area contributed by atoms with Crippen LogP contribution in [0.1, 0.15) is 30.1 Å². The Morgan fingerprint density at radius 3 is 2.39 bits per heavy atom. The smallest absolute Gasteiger partial charge is 0.309 e. The second kappa shape index (κ2) is 10.4. The molecule has 0 bridgehead atoms. The number of carbonyl (C=O) groups is 3. The van der Waals surface area contributed by atoms with Crippen molar-refractivity contribution in [2.75, 3.05) is 18.4 Å². The molecule has 0 spiro atoms. The van der Waals surface area contributed by atoms with Gasteiger partial charge in [-0.05, 0) is 50.1 Å². The monoisotopic (exact) mass is 477 g/mol. The Bertz CT molecular complexity index is 1070. The Hall–Kier alpha value is -3.53. The van der Waals surface area contributed by atoms with Crippen molar-refractivity contribution >= 4 is 40.8 Å². The fourth-order valence-electron chi connectivity index (χ4n) is 3.37. The molecule has 0 saturated carbocycles. The van der Waals surface area contributed by atoms with Gasteiger partial charge >= 0.3 is 5.97 Å². The summed E-state index contributed by atoms with van der Waals surface area (Å²) < 4.78 is 18.3. The number of non-ortho nitro benzene ring substituents is 1. The normalized spacial score (nSPS) is 14.9. The summed E-state index contributed by atoms with van der Waals surface area (Å²) in [4.78, 5) is 49.1. The average Bonchev–Trinajstić information content (AvgIpc) is 2.80. The standard InChI is InChI=1S/C22H21ClFN3O6/c1-13(20(28)25-19-7-6-17(27(31)32)12-18(19)23)33-22(30)15-8-10-26(11-9-15)21(29)14-2-4-16(24)5-3-14/h2-7,12-13,15H,8-11H2,1H3,(H,25,28). The fourth-order valence-corrected chi connectivity index (χ4v) is 3.59. The van der Waals surface area contributed by atoms with Crippen LogP contribution in [0.15, 0.2) is 42.5 Å². The summed E-state index contributed by atoms with van der Waals surface area (Å²) in [6.07, 6.45) is -0.384. The van der Waals surface area contributed by atoms with Crippen molar-refractivity contribution < 1.29 is 28.4 Å². The summed E-state index contributed by atoms with van der Waals surface area (Å²) >= 11 is 5.96. The van der Waals surface area contributed by atoms with Crippen LogP contribution in [0.2, 0.25) is 5.02 Å². The number of piperidine rings is 1. The first-order valence-electron chi connectivity index (χ1n) is 10.2. The molecule has 0 aromatic heterocycles. The molecule has 9 nitrogen and oxygen atoms in total. The van der Waals surface area contributed by atoms with Crippen molar-refractivity contribution in [3.8, 4) is 0 Å². The van der Waals surface area contributed by atoms with E-state index in [9.17, 15) is 28.9 Å². The molecule has 2 aromatic rings. The van der Waals surface area contributed by atoms with Gasteiger partial charge in [-0.15, -0.1) is 0 Å². The molecule has 0 aliphatic carbocycles. The van der Waals surface area contributed by atoms with Gasteiger partial charge in [-0.2, -0.15) is 0 Å². The zero-order valence-electron chi connectivity index (χ0n) is 17.6. The predicted molar refractivity (Wildman–Crippen MR) is 117 cm³/mol. The van der Waals surface area contributed by atoms with E-state index in [1.807, 2.05) is 0 Å². The molecule has 0 radical (unpaired) electrons. The number of ether oxygens (including phenoxy) is 1. The number of hydrogen-bond acceptors (Lipinski definition) is 6. The van der Waals surface area contributed by atoms with Gasteiger partial charge in [-0.3, -0.25) is 24.5 Å². The molecule has 1 aliphatic heterocycles. The van der Waals surface area contributed by atoms with E-state index in [4.69, 9.17) is 16.3 Å². The Morgan fingerprint density at radius 2 is 1.82 bits per heavy atom. The number of benzene rings is 2. The highest BCUT2D eigenvalue weighted by Crippen LogP contribution is 2.27. The second-order valence-corrected chi connectivity index (χ2v) is 7.97. The number of nitrogens with zero attached hydrogens (tertiary/aromatic N) is 2. The van der Waals surface area contributed by atoms with Crippen molar-refractivity contribution in [1.82, 2.24) is 4.90 Å². The number of amides is 2. The molecule has 33 heavy (non-hydrogen) atoms. The van der Waals surface area contributed by atoms with E-state index < -0.39 is 34.6 Å². The quantitative estimate of drug-likeness (QED) is 0.384. The van der Waals surface area contributed by atoms with Crippen LogP contribution in [0.4, 0.5) is 15.8 Å². The summed E-state index contributed by atoms with van der Waals surface area (Å²) in [5.74, 6) is -2.33. The lowest BCUT2D eigenvalue weighted by atomic mass is 9.96. The number of rotatable bonds is 6. The van der Waals surface area contributed by atoms with Gasteiger partial charge in [0.2, 0.25) is 0 Å². The topological polar surface area (TPSA) is 119 Å². The highest BCUT2D eigenvalue weighted by molar-refractivity contribution is 6.34. The molecular weight excluding hydrogens is 457 g/mol. The molecule has 1 N–H and O–H groups in total. The van der Waals surface area contributed by atoms with Gasteiger partial charge in [0.1, 0.15) is 5.82 Å². The van der Waals surface area contributed by atoms with Crippen LogP contribution >= 0.6 is 11.6 Å². The third-order valence-corrected chi connectivity index (χ3v) is 5.60. The second-order valence-electron chi connectivity index (χ2n) is 7.56. The number of hydrogen-bond donors (Lipinski definition) is 1. The zero-order valence-corrected chi connectivity index (χ0v) is 18.4. The minimum Gasteiger partial charge on any atom is -0.452 e. The highest BCUT2D eigenvalue weighted by atomic mass is 35.5. The molecule has 174 valence electrons. The number of likely N-dealkylation sites (tertiary alicyclic amines) is 1. The first-order valence-corrected chi connectivity index (χ1v) is 10.5. The molecule has 1 atom stereocenters. The van der Waals surface area contributed by atoms with Crippen LogP contribution < -0.4 is 5.32 Å². The van der Waals surface area contributed by atoms with Gasteiger partial charge in [-0.1, -0.05) is 11.6 Å². The summed E-state index contributed by atoms with van der Waals surface area (Å²) in [6.45, 7) is 2.06. The molecule has 1 saturated heterocycles. The molecule has 2 aromatic carbocycles. The van der Waals surface area contributed by atoms with E-state index in [2.05, 4.69) is 5.32 Å². The first-order chi connectivity index (χ1) is 15.7. The SMILES string of the molecule is CC(OC(=O)C1CCN(C(=O)c2ccc(F)cc2)CC1)C(=O)Nc1ccc([N+](=O)[O-])cc1Cl. The number of nitrogens with one attached hydrogen (secondary N) is 1. The number of anilines is 1. The minimum atomic E-state index is -1.12. The number of nitro benzene ring substituents is 1. The van der Waals surface area contributed by atoms with Gasteiger partial charge in [0.25, 0.3) is 17.5 Å². The third-order valence-electron chi connectivity index (χ3n) is 5.29. The average molecular weight is 478 g/mol. The Balaban J connectivity index is 1.50. The molecule has 2 amide bonds. The van der Waals surface area contributed by atoms with Gasteiger partial charge in [0, 0.05) is 30.8 Å². The van der Waals surface area contributed by atoms with Crippen LogP contribution in [0, 0.1) is 21.8 Å². The number of carbonyl (C=O) groups excluding carboxylic acids is 3. The van der Waals surface area contributed by atoms with Crippen LogP contribution in [0.5, 0.6) is 0 Å². The van der Waals surface area contributed by atoms with E-state index in [0.717, 1.165) is 6.07 Å². The maximum atomic E-state index is 13.0. The van der Waals surface area contributed by atoms with Crippen molar-refractivity contribution in [2.24, 2.45) is 5.92 Å². The minimum absolute atomic E-state index is 0.0192. The lowest BCUT2D eigenvalue weighted by molar-refractivity contribution is -0.384. The van der Waals surface area contributed by atoms with Crippen LogP contribution in [-0.2, 0) is 14.3 Å². The fraction of sp³-hybridized carbons (Fsp3) is 0.318. The summed E-state index contributed by atoms with van der Waals surface area (Å²) in [6, 6.07) is 8.85. The molecule has 3 rings (SSSR count). The van der Waals surface area contributed by atoms with Gasteiger partial charge in [0.15, 0.2) is 6.10 Å². The molecule has 1 heterocycles. The maximum absolute atomic E-state index is 13.0. The van der Waals surface area contributed by atoms with Gasteiger partial charge in [-0.25, -0.2) is 4.39 Å². The Morgan fingerprint density at radius 1 is 1.18 bits per heavy atom. The Kier molecular flexibility index (Phi) is 7.59. The summed E-state index contributed by atoms with van der Waals surface area (Å²) in [5, 5.41) is 13.2. The van der Waals surface area contributed by atoms with E-state index in [1.54, 1.807) is 4.90 Å². The Labute approximate surface area is 193 Å². The zero-order chi connectivity index (χ0) is 24.1. The summed E-state index contributed by atoms with van der Waals surface area (Å²) in [5.41, 5.74) is 0.303. The van der Waals surface area contributed by atoms with Crippen molar-refractivity contribution in [3.63, 3.8) is 0 Å². The molecular formula is C22H21ClFN3O6.